The van der Waals surface area contributed by atoms with Crippen molar-refractivity contribution in [2.24, 2.45) is 0 Å². The Kier molecular flexibility index (Phi) is 4.22. The Morgan fingerprint density at radius 1 is 1.50 bits per heavy atom. The van der Waals surface area contributed by atoms with E-state index in [0.717, 1.165) is 25.8 Å². The number of nitrogens with one attached hydrogen (secondary N) is 1. The summed E-state index contributed by atoms with van der Waals surface area (Å²) in [5.74, 6) is 0.375. The highest BCUT2D eigenvalue weighted by molar-refractivity contribution is 7.18. The molecule has 20 heavy (non-hydrogen) atoms. The van der Waals surface area contributed by atoms with Crippen molar-refractivity contribution in [2.45, 2.75) is 58.5 Å². The summed E-state index contributed by atoms with van der Waals surface area (Å²) >= 11 is 1.36. The van der Waals surface area contributed by atoms with Crippen molar-refractivity contribution in [3.8, 4) is 0 Å². The van der Waals surface area contributed by atoms with Gasteiger partial charge in [-0.15, -0.1) is 0 Å². The third-order valence-corrected chi connectivity index (χ3v) is 4.02. The first-order valence-electron chi connectivity index (χ1n) is 7.17. The molecule has 1 aromatic heterocycles. The van der Waals surface area contributed by atoms with E-state index in [9.17, 15) is 4.79 Å². The maximum Gasteiger partial charge on any atom is 0.268 e. The Labute approximate surface area is 124 Å². The second-order valence-corrected chi connectivity index (χ2v) is 7.34. The number of aromatic nitrogens is 1. The maximum atomic E-state index is 12.6. The second kappa shape index (κ2) is 5.60. The van der Waals surface area contributed by atoms with Gasteiger partial charge < -0.3 is 16.0 Å². The summed E-state index contributed by atoms with van der Waals surface area (Å²) in [6.45, 7) is 9.05. The van der Waals surface area contributed by atoms with E-state index < -0.39 is 0 Å². The summed E-state index contributed by atoms with van der Waals surface area (Å²) in [5, 5.41) is 3.98. The van der Waals surface area contributed by atoms with E-state index >= 15 is 0 Å². The van der Waals surface area contributed by atoms with Crippen molar-refractivity contribution < 1.29 is 4.79 Å². The molecule has 5 nitrogen and oxygen atoms in total. The van der Waals surface area contributed by atoms with Crippen LogP contribution in [0.3, 0.4) is 0 Å². The van der Waals surface area contributed by atoms with Crippen molar-refractivity contribution in [3.63, 3.8) is 0 Å². The van der Waals surface area contributed by atoms with Gasteiger partial charge in [0.1, 0.15) is 10.7 Å². The van der Waals surface area contributed by atoms with Crippen molar-refractivity contribution in [1.29, 1.82) is 0 Å². The molecule has 0 aromatic carbocycles. The molecule has 0 bridgehead atoms. The number of nitrogen functional groups attached to an aromatic ring is 1. The first kappa shape index (κ1) is 15.1. The fraction of sp³-hybridized carbons (Fsp3) is 0.714. The molecule has 1 heterocycles. The maximum absolute atomic E-state index is 12.6. The SMILES string of the molecule is CCCN(C(=O)c1sc(NC(C)(C)C)nc1N)C1CC1. The molecule has 1 amide bonds. The van der Waals surface area contributed by atoms with Gasteiger partial charge in [0.25, 0.3) is 5.91 Å². The standard InChI is InChI=1S/C14H24N4OS/c1-5-8-18(9-6-7-9)12(19)10-11(15)16-13(20-10)17-14(2,3)4/h9H,5-8,15H2,1-4H3,(H,16,17). The third kappa shape index (κ3) is 3.62. The van der Waals surface area contributed by atoms with Gasteiger partial charge in [-0.25, -0.2) is 4.98 Å². The Bertz CT molecular complexity index is 488. The topological polar surface area (TPSA) is 71.2 Å². The van der Waals surface area contributed by atoms with Crippen molar-refractivity contribution >= 4 is 28.2 Å². The highest BCUT2D eigenvalue weighted by Crippen LogP contribution is 2.33. The van der Waals surface area contributed by atoms with E-state index in [2.05, 4.69) is 38.0 Å². The van der Waals surface area contributed by atoms with Gasteiger partial charge >= 0.3 is 0 Å². The zero-order valence-corrected chi connectivity index (χ0v) is 13.5. The van der Waals surface area contributed by atoms with Crippen LogP contribution in [0.2, 0.25) is 0 Å². The second-order valence-electron chi connectivity index (χ2n) is 6.34. The minimum atomic E-state index is -0.0930. The molecule has 112 valence electrons. The Balaban J connectivity index is 2.16. The smallest absolute Gasteiger partial charge is 0.268 e. The number of nitrogens with two attached hydrogens (primary N) is 1. The van der Waals surface area contributed by atoms with Crippen LogP contribution in [0.1, 0.15) is 56.6 Å². The largest absolute Gasteiger partial charge is 0.382 e. The molecule has 1 aliphatic rings. The zero-order valence-electron chi connectivity index (χ0n) is 12.7. The average Bonchev–Trinajstić information content (AvgIpc) is 3.08. The molecule has 0 radical (unpaired) electrons. The van der Waals surface area contributed by atoms with Crippen LogP contribution in [0.15, 0.2) is 0 Å². The number of carbonyl (C=O) groups excluding carboxylic acids is 1. The minimum absolute atomic E-state index is 0.0336. The van der Waals surface area contributed by atoms with Crippen LogP contribution in [0.25, 0.3) is 0 Å². The number of thiazole rings is 1. The Morgan fingerprint density at radius 3 is 2.65 bits per heavy atom. The van der Waals surface area contributed by atoms with Gasteiger partial charge in [-0.05, 0) is 40.0 Å². The summed E-state index contributed by atoms with van der Waals surface area (Å²) in [7, 11) is 0. The minimum Gasteiger partial charge on any atom is -0.382 e. The molecule has 0 aliphatic heterocycles. The van der Waals surface area contributed by atoms with Crippen LogP contribution in [-0.2, 0) is 0 Å². The molecule has 1 saturated carbocycles. The van der Waals surface area contributed by atoms with E-state index in [1.165, 1.54) is 11.3 Å². The van der Waals surface area contributed by atoms with Crippen LogP contribution in [0.4, 0.5) is 10.9 Å². The lowest BCUT2D eigenvalue weighted by atomic mass is 10.1. The van der Waals surface area contributed by atoms with Crippen molar-refractivity contribution in [2.75, 3.05) is 17.6 Å². The Morgan fingerprint density at radius 2 is 2.15 bits per heavy atom. The summed E-state index contributed by atoms with van der Waals surface area (Å²) in [6.07, 6.45) is 3.18. The molecule has 0 saturated heterocycles. The van der Waals surface area contributed by atoms with Crippen LogP contribution in [0.5, 0.6) is 0 Å². The predicted molar refractivity (Wildman–Crippen MR) is 84.3 cm³/mol. The lowest BCUT2D eigenvalue weighted by Crippen LogP contribution is -2.33. The summed E-state index contributed by atoms with van der Waals surface area (Å²) < 4.78 is 0. The van der Waals surface area contributed by atoms with Crippen LogP contribution < -0.4 is 11.1 Å². The molecule has 6 heteroatoms. The van der Waals surface area contributed by atoms with Crippen LogP contribution in [-0.4, -0.2) is 33.9 Å². The van der Waals surface area contributed by atoms with E-state index in [4.69, 9.17) is 5.73 Å². The number of carbonyl (C=O) groups is 1. The monoisotopic (exact) mass is 296 g/mol. The van der Waals surface area contributed by atoms with E-state index in [-0.39, 0.29) is 11.4 Å². The number of amides is 1. The van der Waals surface area contributed by atoms with Crippen LogP contribution >= 0.6 is 11.3 Å². The van der Waals surface area contributed by atoms with Gasteiger partial charge in [0.15, 0.2) is 5.13 Å². The molecule has 3 N–H and O–H groups in total. The van der Waals surface area contributed by atoms with Gasteiger partial charge in [-0.3, -0.25) is 4.79 Å². The molecule has 1 aliphatic carbocycles. The number of rotatable bonds is 5. The number of anilines is 2. The fourth-order valence-electron chi connectivity index (χ4n) is 2.07. The first-order valence-corrected chi connectivity index (χ1v) is 7.99. The van der Waals surface area contributed by atoms with Gasteiger partial charge in [-0.1, -0.05) is 18.3 Å². The molecule has 2 rings (SSSR count). The lowest BCUT2D eigenvalue weighted by molar-refractivity contribution is 0.0749. The van der Waals surface area contributed by atoms with Gasteiger partial charge in [0.05, 0.1) is 0 Å². The quantitative estimate of drug-likeness (QED) is 0.876. The number of hydrogen-bond acceptors (Lipinski definition) is 5. The normalized spacial score (nSPS) is 15.2. The number of nitrogens with zero attached hydrogens (tertiary/aromatic N) is 2. The third-order valence-electron chi connectivity index (χ3n) is 3.04. The molecule has 0 unspecified atom stereocenters. The predicted octanol–water partition coefficient (Wildman–Crippen LogP) is 2.95. The average molecular weight is 296 g/mol. The van der Waals surface area contributed by atoms with Crippen LogP contribution in [0, 0.1) is 0 Å². The molecule has 0 atom stereocenters. The summed E-state index contributed by atoms with van der Waals surface area (Å²) in [5.41, 5.74) is 5.83. The summed E-state index contributed by atoms with van der Waals surface area (Å²) in [4.78, 5) is 19.4. The number of hydrogen-bond donors (Lipinski definition) is 2. The van der Waals surface area contributed by atoms with Crippen molar-refractivity contribution in [3.05, 3.63) is 4.88 Å². The molecule has 0 spiro atoms. The van der Waals surface area contributed by atoms with Gasteiger partial charge in [0.2, 0.25) is 0 Å². The highest BCUT2D eigenvalue weighted by atomic mass is 32.1. The van der Waals surface area contributed by atoms with E-state index in [1.807, 2.05) is 4.90 Å². The van der Waals surface area contributed by atoms with Gasteiger partial charge in [-0.2, -0.15) is 0 Å². The molecular formula is C14H24N4OS. The summed E-state index contributed by atoms with van der Waals surface area (Å²) in [6, 6.07) is 0.406. The van der Waals surface area contributed by atoms with Crippen molar-refractivity contribution in [1.82, 2.24) is 9.88 Å². The van der Waals surface area contributed by atoms with Gasteiger partial charge in [0, 0.05) is 18.1 Å². The molecular weight excluding hydrogens is 272 g/mol. The zero-order chi connectivity index (χ0) is 14.9. The lowest BCUT2D eigenvalue weighted by Gasteiger charge is -2.21. The van der Waals surface area contributed by atoms with E-state index in [1.54, 1.807) is 0 Å². The molecule has 1 aromatic rings. The first-order chi connectivity index (χ1) is 9.31. The fourth-order valence-corrected chi connectivity index (χ4v) is 3.12. The highest BCUT2D eigenvalue weighted by Gasteiger charge is 2.34. The Hall–Kier alpha value is -1.30. The molecule has 1 fully saturated rings. The van der Waals surface area contributed by atoms with E-state index in [0.29, 0.717) is 21.9 Å².